The molecular weight excluding hydrogens is 184 g/mol. The Hall–Kier alpha value is -1.59. The third-order valence-corrected chi connectivity index (χ3v) is 1.49. The first-order valence-electron chi connectivity index (χ1n) is 3.34. The lowest BCUT2D eigenvalue weighted by atomic mass is 10.3. The summed E-state index contributed by atoms with van der Waals surface area (Å²) in [7, 11) is 1.20. The van der Waals surface area contributed by atoms with E-state index in [2.05, 4.69) is 9.72 Å². The summed E-state index contributed by atoms with van der Waals surface area (Å²) in [4.78, 5) is 13.1. The number of halogens is 2. The zero-order chi connectivity index (χ0) is 10.0. The second kappa shape index (κ2) is 3.42. The van der Waals surface area contributed by atoms with E-state index in [1.54, 1.807) is 0 Å². The van der Waals surface area contributed by atoms with Crippen molar-refractivity contribution in [3.63, 3.8) is 0 Å². The number of hydrogen-bond acceptors (Lipinski definition) is 3. The van der Waals surface area contributed by atoms with E-state index >= 15 is 0 Å². The molecule has 1 aromatic rings. The molecule has 1 aromatic heterocycles. The largest absolute Gasteiger partial charge is 0.503 e. The highest BCUT2D eigenvalue weighted by Crippen LogP contribution is 2.23. The van der Waals surface area contributed by atoms with E-state index in [-0.39, 0.29) is 5.75 Å². The van der Waals surface area contributed by atoms with Gasteiger partial charge in [-0.05, 0) is 0 Å². The van der Waals surface area contributed by atoms with Gasteiger partial charge in [0.2, 0.25) is 0 Å². The van der Waals surface area contributed by atoms with Gasteiger partial charge >= 0.3 is 0 Å². The van der Waals surface area contributed by atoms with Crippen LogP contribution in [0.2, 0.25) is 0 Å². The molecule has 0 saturated heterocycles. The highest BCUT2D eigenvalue weighted by Gasteiger charge is 2.17. The van der Waals surface area contributed by atoms with Crippen LogP contribution < -0.4 is 10.2 Å². The fourth-order valence-corrected chi connectivity index (χ4v) is 0.834. The Morgan fingerprint density at radius 2 is 2.23 bits per heavy atom. The molecule has 0 fully saturated rings. The van der Waals surface area contributed by atoms with E-state index in [4.69, 9.17) is 5.11 Å². The molecule has 0 bridgehead atoms. The average molecular weight is 191 g/mol. The molecule has 0 atom stereocenters. The maximum atomic E-state index is 12.1. The predicted molar refractivity (Wildman–Crippen MR) is 40.2 cm³/mol. The van der Waals surface area contributed by atoms with Gasteiger partial charge in [-0.2, -0.15) is 0 Å². The number of nitrogens with one attached hydrogen (secondary N) is 1. The molecule has 0 aromatic carbocycles. The number of alkyl halides is 2. The lowest BCUT2D eigenvalue weighted by Crippen LogP contribution is -2.08. The number of methoxy groups -OCH3 is 1. The topological polar surface area (TPSA) is 62.3 Å². The molecule has 72 valence electrons. The second-order valence-corrected chi connectivity index (χ2v) is 2.25. The zero-order valence-corrected chi connectivity index (χ0v) is 6.67. The van der Waals surface area contributed by atoms with Gasteiger partial charge in [-0.3, -0.25) is 4.79 Å². The molecule has 6 heteroatoms. The first kappa shape index (κ1) is 9.50. The Kier molecular flexibility index (Phi) is 2.50. The van der Waals surface area contributed by atoms with Crippen molar-refractivity contribution in [1.82, 2.24) is 4.98 Å². The van der Waals surface area contributed by atoms with Crippen LogP contribution in [0.4, 0.5) is 8.78 Å². The Labute approximate surface area is 71.8 Å². The van der Waals surface area contributed by atoms with Crippen molar-refractivity contribution >= 4 is 0 Å². The summed E-state index contributed by atoms with van der Waals surface area (Å²) >= 11 is 0. The minimum absolute atomic E-state index is 0.207. The highest BCUT2D eigenvalue weighted by molar-refractivity contribution is 5.34. The van der Waals surface area contributed by atoms with Gasteiger partial charge in [-0.1, -0.05) is 0 Å². The molecule has 0 radical (unpaired) electrons. The van der Waals surface area contributed by atoms with E-state index in [1.807, 2.05) is 0 Å². The molecular formula is C7H7F2NO3. The van der Waals surface area contributed by atoms with E-state index in [0.717, 1.165) is 6.20 Å². The summed E-state index contributed by atoms with van der Waals surface area (Å²) < 4.78 is 28.7. The van der Waals surface area contributed by atoms with Crippen molar-refractivity contribution in [1.29, 1.82) is 0 Å². The molecule has 0 spiro atoms. The third-order valence-electron chi connectivity index (χ3n) is 1.49. The van der Waals surface area contributed by atoms with Gasteiger partial charge < -0.3 is 14.8 Å². The molecule has 0 aliphatic rings. The molecule has 13 heavy (non-hydrogen) atoms. The fourth-order valence-electron chi connectivity index (χ4n) is 0.834. The normalized spacial score (nSPS) is 10.5. The maximum absolute atomic E-state index is 12.1. The fraction of sp³-hybridized carbons (Fsp3) is 0.286. The van der Waals surface area contributed by atoms with Crippen LogP contribution >= 0.6 is 0 Å². The Morgan fingerprint density at radius 3 is 2.69 bits per heavy atom. The van der Waals surface area contributed by atoms with E-state index in [0.29, 0.717) is 0 Å². The maximum Gasteiger partial charge on any atom is 0.282 e. The summed E-state index contributed by atoms with van der Waals surface area (Å²) in [5.74, 6) is -1.21. The summed E-state index contributed by atoms with van der Waals surface area (Å²) in [5, 5.41) is 8.98. The standard InChI is InChI=1S/C7H7F2NO3/c1-13-3-2-10-4(7(8)9)6(12)5(3)11/h2,7,12H,1H3,(H,10,11). The summed E-state index contributed by atoms with van der Waals surface area (Å²) in [6, 6.07) is 0. The van der Waals surface area contributed by atoms with Crippen molar-refractivity contribution in [3.8, 4) is 11.5 Å². The van der Waals surface area contributed by atoms with Crippen LogP contribution in [0.5, 0.6) is 11.5 Å². The van der Waals surface area contributed by atoms with Crippen molar-refractivity contribution < 1.29 is 18.6 Å². The molecule has 1 heterocycles. The Bertz CT molecular complexity index is 361. The van der Waals surface area contributed by atoms with Crippen LogP contribution in [0.3, 0.4) is 0 Å². The number of aromatic hydroxyl groups is 1. The van der Waals surface area contributed by atoms with E-state index in [9.17, 15) is 13.6 Å². The van der Waals surface area contributed by atoms with Gasteiger partial charge in [0.1, 0.15) is 5.69 Å². The Morgan fingerprint density at radius 1 is 1.62 bits per heavy atom. The number of H-pyrrole nitrogens is 1. The average Bonchev–Trinajstić information content (AvgIpc) is 2.09. The molecule has 2 N–H and O–H groups in total. The number of rotatable bonds is 2. The molecule has 0 amide bonds. The SMILES string of the molecule is COc1c[nH]c(C(F)F)c(O)c1=O. The molecule has 0 unspecified atom stereocenters. The number of ether oxygens (including phenoxy) is 1. The lowest BCUT2D eigenvalue weighted by Gasteiger charge is -2.04. The molecule has 4 nitrogen and oxygen atoms in total. The smallest absolute Gasteiger partial charge is 0.282 e. The third kappa shape index (κ3) is 1.61. The monoisotopic (exact) mass is 191 g/mol. The molecule has 1 rings (SSSR count). The minimum Gasteiger partial charge on any atom is -0.503 e. The lowest BCUT2D eigenvalue weighted by molar-refractivity contribution is 0.141. The van der Waals surface area contributed by atoms with Gasteiger partial charge in [-0.15, -0.1) is 0 Å². The van der Waals surface area contributed by atoms with Crippen molar-refractivity contribution in [2.45, 2.75) is 6.43 Å². The highest BCUT2D eigenvalue weighted by atomic mass is 19.3. The molecule has 0 saturated carbocycles. The van der Waals surface area contributed by atoms with Crippen molar-refractivity contribution in [2.24, 2.45) is 0 Å². The van der Waals surface area contributed by atoms with Gasteiger partial charge in [0.05, 0.1) is 7.11 Å². The van der Waals surface area contributed by atoms with E-state index < -0.39 is 23.3 Å². The zero-order valence-electron chi connectivity index (χ0n) is 6.67. The van der Waals surface area contributed by atoms with Crippen LogP contribution in [0.25, 0.3) is 0 Å². The van der Waals surface area contributed by atoms with Crippen LogP contribution in [-0.2, 0) is 0 Å². The summed E-state index contributed by atoms with van der Waals surface area (Å²) in [5.41, 5.74) is -1.75. The molecule has 0 aliphatic carbocycles. The number of aromatic amines is 1. The van der Waals surface area contributed by atoms with Crippen molar-refractivity contribution in [2.75, 3.05) is 7.11 Å². The predicted octanol–water partition coefficient (Wildman–Crippen LogP) is 1.03. The first-order chi connectivity index (χ1) is 6.07. The molecule has 0 aliphatic heterocycles. The van der Waals surface area contributed by atoms with Crippen LogP contribution in [-0.4, -0.2) is 17.2 Å². The minimum atomic E-state index is -2.92. The number of hydrogen-bond donors (Lipinski definition) is 2. The Balaban J connectivity index is 3.32. The van der Waals surface area contributed by atoms with Crippen LogP contribution in [0.1, 0.15) is 12.1 Å². The first-order valence-corrected chi connectivity index (χ1v) is 3.34. The van der Waals surface area contributed by atoms with Gasteiger partial charge in [-0.25, -0.2) is 8.78 Å². The van der Waals surface area contributed by atoms with Gasteiger partial charge in [0.15, 0.2) is 11.5 Å². The number of aromatic nitrogens is 1. The van der Waals surface area contributed by atoms with Gasteiger partial charge in [0, 0.05) is 6.20 Å². The van der Waals surface area contributed by atoms with Crippen LogP contribution in [0.15, 0.2) is 11.0 Å². The summed E-state index contributed by atoms with van der Waals surface area (Å²) in [6.07, 6.45) is -1.94. The summed E-state index contributed by atoms with van der Waals surface area (Å²) in [6.45, 7) is 0. The second-order valence-electron chi connectivity index (χ2n) is 2.25. The van der Waals surface area contributed by atoms with Crippen LogP contribution in [0, 0.1) is 0 Å². The van der Waals surface area contributed by atoms with Gasteiger partial charge in [0.25, 0.3) is 11.9 Å². The van der Waals surface area contributed by atoms with E-state index in [1.165, 1.54) is 7.11 Å². The number of pyridine rings is 1. The van der Waals surface area contributed by atoms with Crippen molar-refractivity contribution in [3.05, 3.63) is 22.1 Å². The quantitative estimate of drug-likeness (QED) is 0.733.